The van der Waals surface area contributed by atoms with Gasteiger partial charge >= 0.3 is 26.2 Å². The summed E-state index contributed by atoms with van der Waals surface area (Å²) in [5.41, 5.74) is 0. The summed E-state index contributed by atoms with van der Waals surface area (Å²) in [6, 6.07) is 0. The van der Waals surface area contributed by atoms with Crippen molar-refractivity contribution in [2.24, 2.45) is 0 Å². The fraction of sp³-hybridized carbons (Fsp3) is 0.172. The molecule has 32 heavy (non-hydrogen) atoms. The minimum Gasteiger partial charge on any atom is -0.486 e. The van der Waals surface area contributed by atoms with Crippen molar-refractivity contribution < 1.29 is 35.7 Å². The van der Waals surface area contributed by atoms with Crippen LogP contribution < -0.4 is 0 Å². The van der Waals surface area contributed by atoms with Crippen molar-refractivity contribution in [1.29, 1.82) is 0 Å². The van der Waals surface area contributed by atoms with Crippen molar-refractivity contribution in [2.75, 3.05) is 13.2 Å². The Hall–Kier alpha value is -1.08. The maximum atomic E-state index is 5.84. The van der Waals surface area contributed by atoms with Crippen molar-refractivity contribution >= 4 is 0 Å². The molecule has 0 aromatic carbocycles. The molecule has 5 aliphatic carbocycles. The summed E-state index contributed by atoms with van der Waals surface area (Å²) in [5, 5.41) is 0. The topological polar surface area (TPSA) is 18.5 Å². The molecule has 6 rings (SSSR count). The molecule has 0 unspecified atom stereocenters. The Labute approximate surface area is 214 Å². The van der Waals surface area contributed by atoms with Gasteiger partial charge in [0.15, 0.2) is 11.5 Å². The second-order valence-corrected chi connectivity index (χ2v) is 7.96. The van der Waals surface area contributed by atoms with Gasteiger partial charge in [0, 0.05) is 35.5 Å². The summed E-state index contributed by atoms with van der Waals surface area (Å²) in [7, 11) is 0. The van der Waals surface area contributed by atoms with Crippen LogP contribution >= 0.6 is 0 Å². The molecule has 0 atom stereocenters. The molecule has 0 N–H and O–H groups in total. The molecule has 10 radical (unpaired) electrons. The van der Waals surface area contributed by atoms with E-state index in [1.807, 2.05) is 0 Å². The van der Waals surface area contributed by atoms with Gasteiger partial charge in [-0.1, -0.05) is 55.5 Å². The predicted octanol–water partition coefficient (Wildman–Crippen LogP) is 6.17. The van der Waals surface area contributed by atoms with Crippen LogP contribution in [0.5, 0.6) is 0 Å². The first kappa shape index (κ1) is 25.5. The van der Waals surface area contributed by atoms with E-state index in [1.165, 1.54) is 53.3 Å². The maximum Gasteiger partial charge on any atom is 4.00 e. The number of ether oxygens (including phenoxy) is 2. The summed E-state index contributed by atoms with van der Waals surface area (Å²) in [4.78, 5) is 0. The van der Waals surface area contributed by atoms with Crippen molar-refractivity contribution in [3.8, 4) is 0 Å². The maximum absolute atomic E-state index is 5.84. The zero-order valence-electron chi connectivity index (χ0n) is 19.0. The van der Waals surface area contributed by atoms with Gasteiger partial charge < -0.3 is 24.3 Å². The van der Waals surface area contributed by atoms with Crippen LogP contribution in [0.1, 0.15) is 19.8 Å². The molecule has 6 aliphatic rings. The molecule has 3 fully saturated rings. The standard InChI is InChI=1S/C27H22O2.2CH3.Zr/c1-17-14-18-15-26-27(29-13-12-28-26)16-25(18)19(17)10-11-24-22-8-4-2-6-20(22)21-7-3-5-9-23(21)24;;;/h2-9,14-16H,10-13H2,1H3;2*1H3;/q;2*-1;+4. The minimum absolute atomic E-state index is 0. The van der Waals surface area contributed by atoms with E-state index >= 15 is 0 Å². The second kappa shape index (κ2) is 10.5. The van der Waals surface area contributed by atoms with Crippen LogP contribution in [0.2, 0.25) is 0 Å². The third-order valence-corrected chi connectivity index (χ3v) is 6.31. The largest absolute Gasteiger partial charge is 4.00 e. The van der Waals surface area contributed by atoms with Crippen LogP contribution in [0.4, 0.5) is 0 Å². The van der Waals surface area contributed by atoms with E-state index in [9.17, 15) is 0 Å². The van der Waals surface area contributed by atoms with Crippen LogP contribution in [0.25, 0.3) is 0 Å². The molecule has 2 nitrogen and oxygen atoms in total. The van der Waals surface area contributed by atoms with Crippen molar-refractivity contribution in [3.05, 3.63) is 147 Å². The summed E-state index contributed by atoms with van der Waals surface area (Å²) in [6.45, 7) is 3.47. The Morgan fingerprint density at radius 1 is 0.656 bits per heavy atom. The van der Waals surface area contributed by atoms with Crippen LogP contribution in [-0.2, 0) is 35.7 Å². The summed E-state index contributed by atoms with van der Waals surface area (Å²) >= 11 is 0. The van der Waals surface area contributed by atoms with Gasteiger partial charge in [0.1, 0.15) is 13.2 Å². The Morgan fingerprint density at radius 2 is 1.16 bits per heavy atom. The Morgan fingerprint density at radius 3 is 1.75 bits per heavy atom. The van der Waals surface area contributed by atoms with Crippen LogP contribution in [0.3, 0.4) is 0 Å². The summed E-state index contributed by atoms with van der Waals surface area (Å²) in [6.07, 6.45) is 26.2. The fourth-order valence-electron chi connectivity index (χ4n) is 4.98. The van der Waals surface area contributed by atoms with Crippen molar-refractivity contribution in [3.63, 3.8) is 0 Å². The first-order chi connectivity index (χ1) is 14.3. The van der Waals surface area contributed by atoms with E-state index in [0.717, 1.165) is 24.4 Å². The fourth-order valence-corrected chi connectivity index (χ4v) is 4.98. The van der Waals surface area contributed by atoms with E-state index in [2.05, 4.69) is 74.1 Å². The SMILES string of the molecule is C[C]1[CH][C]2C=C3OCCOC3=C[C]2[C]1CC[C]1[C]2C=CC=C[C]2[C]2C=CC=C[C]21.[CH3-].[CH3-].[Zr+4]. The first-order valence-corrected chi connectivity index (χ1v) is 10.3. The van der Waals surface area contributed by atoms with Crippen molar-refractivity contribution in [1.82, 2.24) is 0 Å². The normalized spacial score (nSPS) is 26.5. The van der Waals surface area contributed by atoms with E-state index < -0.39 is 0 Å². The average molecular weight is 500 g/mol. The third kappa shape index (κ3) is 4.24. The first-order valence-electron chi connectivity index (χ1n) is 10.3. The van der Waals surface area contributed by atoms with Gasteiger partial charge in [-0.05, 0) is 49.2 Å². The average Bonchev–Trinajstić information content (AvgIpc) is 3.24. The number of hydrogen-bond acceptors (Lipinski definition) is 2. The molecule has 0 aromatic rings. The molecule has 0 spiro atoms. The second-order valence-electron chi connectivity index (χ2n) is 7.96. The Bertz CT molecular complexity index is 813. The molecule has 158 valence electrons. The van der Waals surface area contributed by atoms with Gasteiger partial charge in [-0.15, -0.1) is 0 Å². The molecule has 1 heterocycles. The zero-order chi connectivity index (χ0) is 19.4. The molecule has 0 aromatic heterocycles. The summed E-state index contributed by atoms with van der Waals surface area (Å²) < 4.78 is 11.6. The predicted molar refractivity (Wildman–Crippen MR) is 126 cm³/mol. The molecule has 0 bridgehead atoms. The molecular formula is C29H28O2Zr+2. The monoisotopic (exact) mass is 498 g/mol. The Balaban J connectivity index is 0.000000963. The van der Waals surface area contributed by atoms with Gasteiger partial charge in [0.2, 0.25) is 0 Å². The van der Waals surface area contributed by atoms with Gasteiger partial charge in [-0.25, -0.2) is 0 Å². The van der Waals surface area contributed by atoms with E-state index in [1.54, 1.807) is 0 Å². The summed E-state index contributed by atoms with van der Waals surface area (Å²) in [5.74, 6) is 14.0. The smallest absolute Gasteiger partial charge is 0.486 e. The number of allylic oxidation sites excluding steroid dienone is 10. The molecule has 3 heteroatoms. The van der Waals surface area contributed by atoms with E-state index in [0.29, 0.717) is 13.2 Å². The molecule has 1 aliphatic heterocycles. The minimum atomic E-state index is 0. The van der Waals surface area contributed by atoms with E-state index in [-0.39, 0.29) is 41.1 Å². The molecular weight excluding hydrogens is 472 g/mol. The van der Waals surface area contributed by atoms with E-state index in [4.69, 9.17) is 9.47 Å². The van der Waals surface area contributed by atoms with Gasteiger partial charge in [-0.3, -0.25) is 0 Å². The van der Waals surface area contributed by atoms with Crippen LogP contribution in [0, 0.1) is 74.5 Å². The molecule has 2 saturated carbocycles. The number of fused-ring (bicyclic) bond motifs is 5. The molecule has 1 saturated heterocycles. The van der Waals surface area contributed by atoms with Crippen LogP contribution in [-0.4, -0.2) is 13.2 Å². The number of rotatable bonds is 3. The Kier molecular flexibility index (Phi) is 8.35. The third-order valence-electron chi connectivity index (χ3n) is 6.31. The van der Waals surface area contributed by atoms with Crippen LogP contribution in [0.15, 0.2) is 72.3 Å². The number of hydrogen-bond donors (Lipinski definition) is 0. The quantitative estimate of drug-likeness (QED) is 0.433. The zero-order valence-corrected chi connectivity index (χ0v) is 21.5. The van der Waals surface area contributed by atoms with Crippen molar-refractivity contribution in [2.45, 2.75) is 19.8 Å². The molecule has 0 amide bonds. The van der Waals surface area contributed by atoms with Gasteiger partial charge in [-0.2, -0.15) is 0 Å². The van der Waals surface area contributed by atoms with Gasteiger partial charge in [0.25, 0.3) is 0 Å². The van der Waals surface area contributed by atoms with Gasteiger partial charge in [0.05, 0.1) is 0 Å².